The fourth-order valence-corrected chi connectivity index (χ4v) is 4.38. The van der Waals surface area contributed by atoms with E-state index in [1.54, 1.807) is 19.1 Å². The molecule has 2 aromatic heterocycles. The van der Waals surface area contributed by atoms with Gasteiger partial charge in [0.25, 0.3) is 0 Å². The second-order valence-corrected chi connectivity index (χ2v) is 9.44. The minimum Gasteiger partial charge on any atom is -0.488 e. The van der Waals surface area contributed by atoms with Gasteiger partial charge in [0.05, 0.1) is 10.6 Å². The van der Waals surface area contributed by atoms with Gasteiger partial charge in [-0.1, -0.05) is 37.3 Å². The third-order valence-corrected chi connectivity index (χ3v) is 6.70. The van der Waals surface area contributed by atoms with Gasteiger partial charge in [0.15, 0.2) is 10.8 Å². The molecular weight excluding hydrogens is 462 g/mol. The van der Waals surface area contributed by atoms with Gasteiger partial charge in [-0.15, -0.1) is 11.3 Å². The van der Waals surface area contributed by atoms with E-state index in [0.29, 0.717) is 23.9 Å². The summed E-state index contributed by atoms with van der Waals surface area (Å²) in [5.74, 6) is 0.799. The number of para-hydroxylation sites is 1. The molecule has 4 aromatic rings. The highest BCUT2D eigenvalue weighted by Gasteiger charge is 2.36. The van der Waals surface area contributed by atoms with Gasteiger partial charge < -0.3 is 14.6 Å². The van der Waals surface area contributed by atoms with Crippen molar-refractivity contribution >= 4 is 17.3 Å². The molecule has 1 N–H and O–H groups in total. The molecule has 4 rings (SSSR count). The van der Waals surface area contributed by atoms with Gasteiger partial charge in [-0.3, -0.25) is 0 Å². The van der Waals surface area contributed by atoms with Crippen LogP contribution >= 0.6 is 11.3 Å². The Balaban J connectivity index is 1.39. The number of aryl methyl sites for hydroxylation is 2. The molecule has 0 saturated carbocycles. The summed E-state index contributed by atoms with van der Waals surface area (Å²) in [6, 6.07) is 16.4. The highest BCUT2D eigenvalue weighted by atomic mass is 32.1. The van der Waals surface area contributed by atoms with Crippen molar-refractivity contribution in [2.45, 2.75) is 45.8 Å². The summed E-state index contributed by atoms with van der Waals surface area (Å²) in [6.07, 6.45) is 4.77. The van der Waals surface area contributed by atoms with E-state index >= 15 is 0 Å². The molecule has 0 bridgehead atoms. The third kappa shape index (κ3) is 6.02. The van der Waals surface area contributed by atoms with Crippen LogP contribution in [0, 0.1) is 6.92 Å². The smallest absolute Gasteiger partial charge is 0.348 e. The Morgan fingerprint density at radius 2 is 1.69 bits per heavy atom. The van der Waals surface area contributed by atoms with Crippen molar-refractivity contribution in [3.05, 3.63) is 88.7 Å². The van der Waals surface area contributed by atoms with Crippen LogP contribution in [0.2, 0.25) is 0 Å². The van der Waals surface area contributed by atoms with Gasteiger partial charge in [-0.2, -0.15) is 0 Å². The number of aliphatic carboxylic acids is 1. The topological polar surface area (TPSA) is 94.4 Å². The summed E-state index contributed by atoms with van der Waals surface area (Å²) in [7, 11) is 0. The van der Waals surface area contributed by atoms with Crippen LogP contribution in [0.5, 0.6) is 11.5 Å². The van der Waals surface area contributed by atoms with E-state index < -0.39 is 11.6 Å². The van der Waals surface area contributed by atoms with Crippen molar-refractivity contribution in [2.75, 3.05) is 0 Å². The summed E-state index contributed by atoms with van der Waals surface area (Å²) in [5.41, 5.74) is 1.42. The predicted molar refractivity (Wildman–Crippen MR) is 135 cm³/mol. The Bertz CT molecular complexity index is 1270. The van der Waals surface area contributed by atoms with Crippen LogP contribution in [0.25, 0.3) is 10.8 Å². The van der Waals surface area contributed by atoms with E-state index in [9.17, 15) is 9.90 Å². The van der Waals surface area contributed by atoms with E-state index in [1.807, 2.05) is 61.8 Å². The Morgan fingerprint density at radius 1 is 1.00 bits per heavy atom. The van der Waals surface area contributed by atoms with Crippen LogP contribution in [0.15, 0.2) is 67.0 Å². The molecule has 1 unspecified atom stereocenters. The van der Waals surface area contributed by atoms with Gasteiger partial charge in [-0.25, -0.2) is 19.7 Å². The minimum absolute atomic E-state index is 0.214. The van der Waals surface area contributed by atoms with Crippen LogP contribution in [0.1, 0.15) is 35.5 Å². The highest BCUT2D eigenvalue weighted by molar-refractivity contribution is 7.15. The molecule has 0 amide bonds. The van der Waals surface area contributed by atoms with Crippen molar-refractivity contribution in [1.29, 1.82) is 0 Å². The average Bonchev–Trinajstić information content (AvgIpc) is 3.24. The van der Waals surface area contributed by atoms with E-state index in [4.69, 9.17) is 9.47 Å². The number of nitrogens with zero attached hydrogens (tertiary/aromatic N) is 3. The van der Waals surface area contributed by atoms with E-state index in [-0.39, 0.29) is 6.42 Å². The maximum absolute atomic E-state index is 12.0. The molecule has 2 heterocycles. The van der Waals surface area contributed by atoms with Crippen LogP contribution in [-0.2, 0) is 24.2 Å². The summed E-state index contributed by atoms with van der Waals surface area (Å²) in [5, 5.41) is 10.6. The lowest BCUT2D eigenvalue weighted by molar-refractivity contribution is -0.153. The average molecular weight is 490 g/mol. The standard InChI is InChI=1S/C27H27N3O4S/c1-4-19-15-28-24(29-16-19)25-30-18(2)23(35-25)17-33-21-12-10-20(11-13-21)14-27(3,26(31)32)34-22-8-6-5-7-9-22/h5-13,15-16H,4,14,17H2,1-3H3,(H,31,32). The predicted octanol–water partition coefficient (Wildman–Crippen LogP) is 5.51. The first-order chi connectivity index (χ1) is 16.9. The number of benzene rings is 2. The molecule has 1 atom stereocenters. The molecule has 0 fully saturated rings. The zero-order valence-corrected chi connectivity index (χ0v) is 20.7. The lowest BCUT2D eigenvalue weighted by atomic mass is 9.96. The molecule has 35 heavy (non-hydrogen) atoms. The van der Waals surface area contributed by atoms with Gasteiger partial charge in [0.1, 0.15) is 18.1 Å². The molecule has 0 aliphatic rings. The molecule has 180 valence electrons. The van der Waals surface area contributed by atoms with Crippen molar-refractivity contribution in [2.24, 2.45) is 0 Å². The number of carboxylic acids is 1. The maximum Gasteiger partial charge on any atom is 0.348 e. The second-order valence-electron chi connectivity index (χ2n) is 8.36. The molecule has 0 aliphatic carbocycles. The lowest BCUT2D eigenvalue weighted by Gasteiger charge is -2.26. The van der Waals surface area contributed by atoms with E-state index in [1.165, 1.54) is 11.3 Å². The van der Waals surface area contributed by atoms with Crippen molar-refractivity contribution < 1.29 is 19.4 Å². The monoisotopic (exact) mass is 489 g/mol. The maximum atomic E-state index is 12.0. The lowest BCUT2D eigenvalue weighted by Crippen LogP contribution is -2.43. The molecule has 0 radical (unpaired) electrons. The number of hydrogen-bond donors (Lipinski definition) is 1. The number of carbonyl (C=O) groups is 1. The zero-order chi connectivity index (χ0) is 24.8. The molecule has 2 aromatic carbocycles. The Morgan fingerprint density at radius 3 is 2.31 bits per heavy atom. The van der Waals surface area contributed by atoms with Crippen molar-refractivity contribution in [3.8, 4) is 22.3 Å². The summed E-state index contributed by atoms with van der Waals surface area (Å²) >= 11 is 1.52. The SMILES string of the molecule is CCc1cnc(-c2nc(C)c(COc3ccc(CC(C)(Oc4ccccc4)C(=O)O)cc3)s2)nc1. The first-order valence-electron chi connectivity index (χ1n) is 11.3. The first kappa shape index (κ1) is 24.3. The number of thiazole rings is 1. The molecule has 0 aliphatic heterocycles. The van der Waals surface area contributed by atoms with Gasteiger partial charge in [0.2, 0.25) is 5.60 Å². The van der Waals surface area contributed by atoms with E-state index in [2.05, 4.69) is 21.9 Å². The van der Waals surface area contributed by atoms with Crippen LogP contribution in [-0.4, -0.2) is 31.6 Å². The van der Waals surface area contributed by atoms with E-state index in [0.717, 1.165) is 33.1 Å². The van der Waals surface area contributed by atoms with Crippen molar-refractivity contribution in [3.63, 3.8) is 0 Å². The quantitative estimate of drug-likeness (QED) is 0.314. The minimum atomic E-state index is -1.39. The summed E-state index contributed by atoms with van der Waals surface area (Å²) < 4.78 is 11.8. The molecule has 7 nitrogen and oxygen atoms in total. The Kier molecular flexibility index (Phi) is 7.41. The highest BCUT2D eigenvalue weighted by Crippen LogP contribution is 2.28. The number of hydrogen-bond acceptors (Lipinski definition) is 7. The molecule has 0 saturated heterocycles. The number of ether oxygens (including phenoxy) is 2. The Labute approximate surface area is 208 Å². The van der Waals surface area contributed by atoms with Crippen LogP contribution < -0.4 is 9.47 Å². The van der Waals surface area contributed by atoms with Gasteiger partial charge >= 0.3 is 5.97 Å². The Hall–Kier alpha value is -3.78. The fraction of sp³-hybridized carbons (Fsp3) is 0.259. The second kappa shape index (κ2) is 10.7. The van der Waals surface area contributed by atoms with Gasteiger partial charge in [0, 0.05) is 18.8 Å². The molecular formula is C27H27N3O4S. The molecule has 8 heteroatoms. The number of carboxylic acid groups (broad SMARTS) is 1. The zero-order valence-electron chi connectivity index (χ0n) is 19.9. The first-order valence-corrected chi connectivity index (χ1v) is 12.1. The number of rotatable bonds is 10. The molecule has 0 spiro atoms. The summed E-state index contributed by atoms with van der Waals surface area (Å²) in [6.45, 7) is 5.97. The number of aromatic nitrogens is 3. The van der Waals surface area contributed by atoms with Crippen molar-refractivity contribution in [1.82, 2.24) is 15.0 Å². The van der Waals surface area contributed by atoms with Gasteiger partial charge in [-0.05, 0) is 55.7 Å². The normalized spacial score (nSPS) is 12.7. The summed E-state index contributed by atoms with van der Waals surface area (Å²) in [4.78, 5) is 26.4. The third-order valence-electron chi connectivity index (χ3n) is 5.57. The fourth-order valence-electron chi connectivity index (χ4n) is 3.45. The van der Waals surface area contributed by atoms with Crippen LogP contribution in [0.3, 0.4) is 0 Å². The largest absolute Gasteiger partial charge is 0.488 e. The van der Waals surface area contributed by atoms with Crippen LogP contribution in [0.4, 0.5) is 0 Å².